The van der Waals surface area contributed by atoms with Gasteiger partial charge >= 0.3 is 0 Å². The van der Waals surface area contributed by atoms with Crippen molar-refractivity contribution in [2.24, 2.45) is 5.73 Å². The van der Waals surface area contributed by atoms with Crippen molar-refractivity contribution in [3.05, 3.63) is 59.4 Å². The smallest absolute Gasteiger partial charge is 0.123 e. The molecule has 0 aliphatic rings. The lowest BCUT2D eigenvalue weighted by Crippen LogP contribution is -2.20. The third-order valence-corrected chi connectivity index (χ3v) is 3.56. The van der Waals surface area contributed by atoms with E-state index in [0.717, 1.165) is 30.8 Å². The van der Waals surface area contributed by atoms with Crippen LogP contribution in [0.4, 0.5) is 0 Å². The molecule has 1 aromatic carbocycles. The number of nitrogens with two attached hydrogens (primary N) is 1. The van der Waals surface area contributed by atoms with Crippen molar-refractivity contribution in [2.45, 2.75) is 19.5 Å². The van der Waals surface area contributed by atoms with Gasteiger partial charge in [0, 0.05) is 37.6 Å². The maximum Gasteiger partial charge on any atom is 0.123 e. The van der Waals surface area contributed by atoms with Gasteiger partial charge in [-0.05, 0) is 42.8 Å². The number of pyridine rings is 1. The van der Waals surface area contributed by atoms with Crippen LogP contribution in [0.3, 0.4) is 0 Å². The predicted molar refractivity (Wildman–Crippen MR) is 85.2 cm³/mol. The number of benzene rings is 1. The zero-order valence-electron chi connectivity index (χ0n) is 12.7. The molecule has 0 radical (unpaired) electrons. The van der Waals surface area contributed by atoms with Crippen LogP contribution in [-0.4, -0.2) is 30.6 Å². The SMILES string of the molecule is COc1cc(CN(C)CCc2ccncc2)ccc1CN. The van der Waals surface area contributed by atoms with E-state index in [-0.39, 0.29) is 0 Å². The Kier molecular flexibility index (Phi) is 5.72. The summed E-state index contributed by atoms with van der Waals surface area (Å²) in [5.41, 5.74) is 9.29. The average molecular weight is 285 g/mol. The molecule has 0 amide bonds. The molecular formula is C17H23N3O. The van der Waals surface area contributed by atoms with Crippen LogP contribution in [0.1, 0.15) is 16.7 Å². The molecule has 0 spiro atoms. The van der Waals surface area contributed by atoms with E-state index in [2.05, 4.69) is 41.2 Å². The molecule has 0 fully saturated rings. The van der Waals surface area contributed by atoms with Gasteiger partial charge in [0.25, 0.3) is 0 Å². The number of aromatic nitrogens is 1. The van der Waals surface area contributed by atoms with Gasteiger partial charge in [0.2, 0.25) is 0 Å². The maximum atomic E-state index is 5.69. The highest BCUT2D eigenvalue weighted by Crippen LogP contribution is 2.20. The normalized spacial score (nSPS) is 10.9. The van der Waals surface area contributed by atoms with Crippen LogP contribution in [0.25, 0.3) is 0 Å². The molecule has 0 atom stereocenters. The second-order valence-corrected chi connectivity index (χ2v) is 5.19. The number of methoxy groups -OCH3 is 1. The standard InChI is InChI=1S/C17H23N3O/c1-20(10-7-14-5-8-19-9-6-14)13-15-3-4-16(12-18)17(11-15)21-2/h3-6,8-9,11H,7,10,12-13,18H2,1-2H3. The summed E-state index contributed by atoms with van der Waals surface area (Å²) in [5.74, 6) is 0.873. The van der Waals surface area contributed by atoms with Crippen LogP contribution in [0.5, 0.6) is 5.75 Å². The van der Waals surface area contributed by atoms with E-state index in [9.17, 15) is 0 Å². The Balaban J connectivity index is 1.91. The molecule has 0 saturated heterocycles. The molecular weight excluding hydrogens is 262 g/mol. The van der Waals surface area contributed by atoms with Gasteiger partial charge in [-0.2, -0.15) is 0 Å². The van der Waals surface area contributed by atoms with Gasteiger partial charge in [-0.1, -0.05) is 12.1 Å². The summed E-state index contributed by atoms with van der Waals surface area (Å²) >= 11 is 0. The van der Waals surface area contributed by atoms with Gasteiger partial charge in [-0.3, -0.25) is 4.98 Å². The Morgan fingerprint density at radius 3 is 2.57 bits per heavy atom. The fourth-order valence-corrected chi connectivity index (χ4v) is 2.32. The number of hydrogen-bond donors (Lipinski definition) is 1. The van der Waals surface area contributed by atoms with Gasteiger partial charge in [-0.15, -0.1) is 0 Å². The summed E-state index contributed by atoms with van der Waals surface area (Å²) < 4.78 is 5.38. The van der Waals surface area contributed by atoms with Crippen molar-refractivity contribution in [1.29, 1.82) is 0 Å². The lowest BCUT2D eigenvalue weighted by atomic mass is 10.1. The number of likely N-dealkylation sites (N-methyl/N-ethyl adjacent to an activating group) is 1. The minimum Gasteiger partial charge on any atom is -0.496 e. The lowest BCUT2D eigenvalue weighted by molar-refractivity contribution is 0.330. The summed E-state index contributed by atoms with van der Waals surface area (Å²) in [6.45, 7) is 2.40. The molecule has 0 bridgehead atoms. The van der Waals surface area contributed by atoms with Crippen molar-refractivity contribution in [3.63, 3.8) is 0 Å². The predicted octanol–water partition coefficient (Wildman–Crippen LogP) is 2.22. The highest BCUT2D eigenvalue weighted by molar-refractivity contribution is 5.37. The zero-order chi connectivity index (χ0) is 15.1. The molecule has 1 heterocycles. The van der Waals surface area contributed by atoms with E-state index in [1.807, 2.05) is 18.5 Å². The number of ether oxygens (including phenoxy) is 1. The van der Waals surface area contributed by atoms with Crippen molar-refractivity contribution in [1.82, 2.24) is 9.88 Å². The summed E-state index contributed by atoms with van der Waals surface area (Å²) in [6, 6.07) is 10.4. The molecule has 1 aromatic heterocycles. The molecule has 0 aliphatic heterocycles. The third kappa shape index (κ3) is 4.55. The first-order valence-corrected chi connectivity index (χ1v) is 7.16. The monoisotopic (exact) mass is 285 g/mol. The minimum absolute atomic E-state index is 0.501. The molecule has 2 rings (SSSR count). The zero-order valence-corrected chi connectivity index (χ0v) is 12.7. The highest BCUT2D eigenvalue weighted by Gasteiger charge is 2.06. The van der Waals surface area contributed by atoms with Crippen LogP contribution in [0, 0.1) is 0 Å². The fraction of sp³-hybridized carbons (Fsp3) is 0.353. The van der Waals surface area contributed by atoms with E-state index in [4.69, 9.17) is 10.5 Å². The van der Waals surface area contributed by atoms with Crippen LogP contribution in [0.15, 0.2) is 42.7 Å². The van der Waals surface area contributed by atoms with Crippen molar-refractivity contribution < 1.29 is 4.74 Å². The quantitative estimate of drug-likeness (QED) is 0.847. The largest absolute Gasteiger partial charge is 0.496 e. The van der Waals surface area contributed by atoms with Crippen LogP contribution >= 0.6 is 0 Å². The molecule has 2 N–H and O–H groups in total. The summed E-state index contributed by atoms with van der Waals surface area (Å²) in [4.78, 5) is 6.34. The van der Waals surface area contributed by atoms with E-state index in [1.54, 1.807) is 7.11 Å². The van der Waals surface area contributed by atoms with Gasteiger partial charge in [0.05, 0.1) is 7.11 Å². The molecule has 0 aliphatic carbocycles. The number of rotatable bonds is 7. The van der Waals surface area contributed by atoms with E-state index >= 15 is 0 Å². The van der Waals surface area contributed by atoms with E-state index in [1.165, 1.54) is 11.1 Å². The number of hydrogen-bond acceptors (Lipinski definition) is 4. The fourth-order valence-electron chi connectivity index (χ4n) is 2.32. The van der Waals surface area contributed by atoms with Crippen molar-refractivity contribution >= 4 is 0 Å². The molecule has 0 unspecified atom stereocenters. The van der Waals surface area contributed by atoms with Gasteiger partial charge in [0.15, 0.2) is 0 Å². The molecule has 4 nitrogen and oxygen atoms in total. The first-order chi connectivity index (χ1) is 10.2. The van der Waals surface area contributed by atoms with Crippen molar-refractivity contribution in [3.8, 4) is 5.75 Å². The van der Waals surface area contributed by atoms with Gasteiger partial charge < -0.3 is 15.4 Å². The molecule has 21 heavy (non-hydrogen) atoms. The first kappa shape index (κ1) is 15.5. The van der Waals surface area contributed by atoms with Gasteiger partial charge in [0.1, 0.15) is 5.75 Å². The third-order valence-electron chi connectivity index (χ3n) is 3.56. The lowest BCUT2D eigenvalue weighted by Gasteiger charge is -2.18. The summed E-state index contributed by atoms with van der Waals surface area (Å²) in [6.07, 6.45) is 4.70. The Bertz CT molecular complexity index is 557. The first-order valence-electron chi connectivity index (χ1n) is 7.16. The Labute approximate surface area is 126 Å². The maximum absolute atomic E-state index is 5.69. The van der Waals surface area contributed by atoms with Crippen LogP contribution in [-0.2, 0) is 19.5 Å². The van der Waals surface area contributed by atoms with Crippen LogP contribution < -0.4 is 10.5 Å². The average Bonchev–Trinajstić information content (AvgIpc) is 2.53. The summed E-state index contributed by atoms with van der Waals surface area (Å²) in [5, 5.41) is 0. The topological polar surface area (TPSA) is 51.4 Å². The summed E-state index contributed by atoms with van der Waals surface area (Å²) in [7, 11) is 3.82. The van der Waals surface area contributed by atoms with Crippen molar-refractivity contribution in [2.75, 3.05) is 20.7 Å². The highest BCUT2D eigenvalue weighted by atomic mass is 16.5. The Morgan fingerprint density at radius 2 is 1.90 bits per heavy atom. The molecule has 2 aromatic rings. The Hall–Kier alpha value is -1.91. The second-order valence-electron chi connectivity index (χ2n) is 5.19. The minimum atomic E-state index is 0.501. The van der Waals surface area contributed by atoms with E-state index in [0.29, 0.717) is 6.54 Å². The number of nitrogens with zero attached hydrogens (tertiary/aromatic N) is 2. The Morgan fingerprint density at radius 1 is 1.14 bits per heavy atom. The second kappa shape index (κ2) is 7.76. The molecule has 4 heteroatoms. The van der Waals surface area contributed by atoms with E-state index < -0.39 is 0 Å². The molecule has 0 saturated carbocycles. The molecule has 112 valence electrons. The van der Waals surface area contributed by atoms with Gasteiger partial charge in [-0.25, -0.2) is 0 Å². The van der Waals surface area contributed by atoms with Crippen LogP contribution in [0.2, 0.25) is 0 Å².